The van der Waals surface area contributed by atoms with Gasteiger partial charge in [0.1, 0.15) is 5.75 Å². The number of amides is 1. The van der Waals surface area contributed by atoms with Gasteiger partial charge in [0, 0.05) is 29.1 Å². The van der Waals surface area contributed by atoms with Gasteiger partial charge in [-0.15, -0.1) is 0 Å². The molecular weight excluding hydrogens is 461 g/mol. The number of ether oxygens (including phenoxy) is 1. The molecule has 0 fully saturated rings. The van der Waals surface area contributed by atoms with Crippen LogP contribution in [0.4, 0.5) is 0 Å². The maximum absolute atomic E-state index is 12.2. The molecule has 174 valence electrons. The number of aliphatic hydroxyl groups is 1. The fraction of sp³-hybridized carbons (Fsp3) is 0.280. The number of hydrogen-bond donors (Lipinski definition) is 2. The SMILES string of the molecule is CCOc1ccc([C@@H](O)CCC(=O)N/N=C\c2cc(C)n(-c3ccc(Cl)c(Cl)c3)c2C)cc1. The summed E-state index contributed by atoms with van der Waals surface area (Å²) >= 11 is 12.2. The van der Waals surface area contributed by atoms with Gasteiger partial charge in [0.05, 0.1) is 29.0 Å². The number of hydrogen-bond acceptors (Lipinski definition) is 4. The van der Waals surface area contributed by atoms with Gasteiger partial charge in [-0.25, -0.2) is 5.43 Å². The molecular formula is C25H27Cl2N3O3. The van der Waals surface area contributed by atoms with E-state index in [1.807, 2.05) is 43.5 Å². The Kier molecular flexibility index (Phi) is 8.55. The summed E-state index contributed by atoms with van der Waals surface area (Å²) < 4.78 is 7.44. The average molecular weight is 488 g/mol. The van der Waals surface area contributed by atoms with Crippen LogP contribution in [0.1, 0.15) is 48.4 Å². The highest BCUT2D eigenvalue weighted by atomic mass is 35.5. The van der Waals surface area contributed by atoms with Crippen LogP contribution in [-0.4, -0.2) is 28.4 Å². The standard InChI is InChI=1S/C25H27Cl2N3O3/c1-4-33-21-8-5-18(6-9-21)24(31)11-12-25(32)29-28-15-19-13-16(2)30(17(19)3)20-7-10-22(26)23(27)14-20/h5-10,13-15,24,31H,4,11-12H2,1-3H3,(H,29,32)/b28-15-/t24-/m0/s1. The number of carbonyl (C=O) groups excluding carboxylic acids is 1. The number of aliphatic hydroxyl groups excluding tert-OH is 1. The number of hydrazone groups is 1. The Balaban J connectivity index is 1.56. The molecule has 0 aliphatic rings. The maximum Gasteiger partial charge on any atom is 0.240 e. The van der Waals surface area contributed by atoms with Crippen LogP contribution in [0.15, 0.2) is 53.6 Å². The molecule has 3 rings (SSSR count). The lowest BCUT2D eigenvalue weighted by atomic mass is 10.0. The van der Waals surface area contributed by atoms with E-state index in [2.05, 4.69) is 10.5 Å². The van der Waals surface area contributed by atoms with Crippen LogP contribution in [0.5, 0.6) is 5.75 Å². The van der Waals surface area contributed by atoms with Crippen LogP contribution >= 0.6 is 23.2 Å². The number of aromatic nitrogens is 1. The summed E-state index contributed by atoms with van der Waals surface area (Å²) in [6.07, 6.45) is 1.31. The highest BCUT2D eigenvalue weighted by Gasteiger charge is 2.12. The molecule has 0 aliphatic carbocycles. The van der Waals surface area contributed by atoms with E-state index in [1.54, 1.807) is 36.5 Å². The van der Waals surface area contributed by atoms with Crippen LogP contribution in [-0.2, 0) is 4.79 Å². The Labute approximate surface area is 203 Å². The number of nitrogens with one attached hydrogen (secondary N) is 1. The Morgan fingerprint density at radius 1 is 1.15 bits per heavy atom. The van der Waals surface area contributed by atoms with Gasteiger partial charge < -0.3 is 14.4 Å². The number of aryl methyl sites for hydroxylation is 1. The van der Waals surface area contributed by atoms with Crippen molar-refractivity contribution < 1.29 is 14.6 Å². The topological polar surface area (TPSA) is 75.8 Å². The summed E-state index contributed by atoms with van der Waals surface area (Å²) in [7, 11) is 0. The summed E-state index contributed by atoms with van der Waals surface area (Å²) in [6.45, 7) is 6.44. The van der Waals surface area contributed by atoms with Crippen molar-refractivity contribution in [2.75, 3.05) is 6.61 Å². The predicted octanol–water partition coefficient (Wildman–Crippen LogP) is 5.76. The lowest BCUT2D eigenvalue weighted by Crippen LogP contribution is -2.18. The number of halogens is 2. The molecule has 0 radical (unpaired) electrons. The van der Waals surface area contributed by atoms with Crippen LogP contribution in [0.2, 0.25) is 10.0 Å². The molecule has 33 heavy (non-hydrogen) atoms. The third-order valence-electron chi connectivity index (χ3n) is 5.25. The van der Waals surface area contributed by atoms with E-state index in [1.165, 1.54) is 0 Å². The third kappa shape index (κ3) is 6.38. The number of rotatable bonds is 9. The summed E-state index contributed by atoms with van der Waals surface area (Å²) in [6, 6.07) is 14.7. The first kappa shape index (κ1) is 24.8. The monoisotopic (exact) mass is 487 g/mol. The van der Waals surface area contributed by atoms with Crippen molar-refractivity contribution >= 4 is 35.3 Å². The van der Waals surface area contributed by atoms with Gasteiger partial charge in [0.2, 0.25) is 5.91 Å². The molecule has 0 spiro atoms. The van der Waals surface area contributed by atoms with Gasteiger partial charge in [-0.3, -0.25) is 4.79 Å². The van der Waals surface area contributed by atoms with Gasteiger partial charge in [-0.05, 0) is 69.2 Å². The first-order valence-corrected chi connectivity index (χ1v) is 11.4. The smallest absolute Gasteiger partial charge is 0.240 e. The van der Waals surface area contributed by atoms with Crippen LogP contribution in [0.3, 0.4) is 0 Å². The Morgan fingerprint density at radius 3 is 2.55 bits per heavy atom. The Bertz CT molecular complexity index is 1140. The zero-order valence-corrected chi connectivity index (χ0v) is 20.3. The second-order valence-electron chi connectivity index (χ2n) is 7.61. The summed E-state index contributed by atoms with van der Waals surface area (Å²) in [5.41, 5.74) is 6.98. The first-order chi connectivity index (χ1) is 15.8. The van der Waals surface area contributed by atoms with Crippen molar-refractivity contribution in [1.82, 2.24) is 9.99 Å². The number of carbonyl (C=O) groups is 1. The van der Waals surface area contributed by atoms with Crippen LogP contribution in [0, 0.1) is 13.8 Å². The molecule has 0 bridgehead atoms. The van der Waals surface area contributed by atoms with E-state index in [-0.39, 0.29) is 12.3 Å². The fourth-order valence-electron chi connectivity index (χ4n) is 3.56. The highest BCUT2D eigenvalue weighted by molar-refractivity contribution is 6.42. The van der Waals surface area contributed by atoms with Gasteiger partial charge in [0.25, 0.3) is 0 Å². The summed E-state index contributed by atoms with van der Waals surface area (Å²) in [4.78, 5) is 12.2. The lowest BCUT2D eigenvalue weighted by Gasteiger charge is -2.11. The molecule has 0 saturated carbocycles. The first-order valence-electron chi connectivity index (χ1n) is 10.7. The van der Waals surface area contributed by atoms with Crippen molar-refractivity contribution in [3.63, 3.8) is 0 Å². The van der Waals surface area contributed by atoms with Crippen molar-refractivity contribution in [2.24, 2.45) is 5.10 Å². The van der Waals surface area contributed by atoms with Crippen molar-refractivity contribution in [1.29, 1.82) is 0 Å². The number of nitrogens with zero attached hydrogens (tertiary/aromatic N) is 2. The van der Waals surface area contributed by atoms with Gasteiger partial charge in [0.15, 0.2) is 0 Å². The minimum absolute atomic E-state index is 0.147. The minimum Gasteiger partial charge on any atom is -0.494 e. The molecule has 6 nitrogen and oxygen atoms in total. The van der Waals surface area contributed by atoms with E-state index in [9.17, 15) is 9.90 Å². The van der Waals surface area contributed by atoms with Gasteiger partial charge in [-0.1, -0.05) is 35.3 Å². The van der Waals surface area contributed by atoms with Crippen LogP contribution < -0.4 is 10.2 Å². The van der Waals surface area contributed by atoms with E-state index < -0.39 is 6.10 Å². The molecule has 1 atom stereocenters. The molecule has 0 saturated heterocycles. The van der Waals surface area contributed by atoms with E-state index >= 15 is 0 Å². The quantitative estimate of drug-likeness (QED) is 0.297. The highest BCUT2D eigenvalue weighted by Crippen LogP contribution is 2.27. The van der Waals surface area contributed by atoms with E-state index in [0.717, 1.165) is 34.0 Å². The zero-order valence-electron chi connectivity index (χ0n) is 18.8. The van der Waals surface area contributed by atoms with Gasteiger partial charge in [-0.2, -0.15) is 5.10 Å². The third-order valence-corrected chi connectivity index (χ3v) is 5.98. The maximum atomic E-state index is 12.2. The van der Waals surface area contributed by atoms with E-state index in [0.29, 0.717) is 23.1 Å². The molecule has 0 unspecified atom stereocenters. The second kappa shape index (κ2) is 11.4. The summed E-state index contributed by atoms with van der Waals surface area (Å²) in [5.74, 6) is 0.480. The zero-order chi connectivity index (χ0) is 24.0. The second-order valence-corrected chi connectivity index (χ2v) is 8.42. The van der Waals surface area contributed by atoms with Crippen molar-refractivity contribution in [3.8, 4) is 11.4 Å². The normalized spacial score (nSPS) is 12.2. The molecule has 1 aromatic heterocycles. The van der Waals surface area contributed by atoms with Crippen molar-refractivity contribution in [2.45, 2.75) is 39.7 Å². The largest absolute Gasteiger partial charge is 0.494 e. The van der Waals surface area contributed by atoms with Crippen molar-refractivity contribution in [3.05, 3.63) is 81.1 Å². The lowest BCUT2D eigenvalue weighted by molar-refractivity contribution is -0.121. The molecule has 3 aromatic rings. The van der Waals surface area contributed by atoms with Crippen LogP contribution in [0.25, 0.3) is 5.69 Å². The molecule has 1 heterocycles. The van der Waals surface area contributed by atoms with Gasteiger partial charge >= 0.3 is 0 Å². The average Bonchev–Trinajstić information content (AvgIpc) is 3.07. The predicted molar refractivity (Wildman–Crippen MR) is 133 cm³/mol. The molecule has 1 amide bonds. The minimum atomic E-state index is -0.736. The Morgan fingerprint density at radius 2 is 1.88 bits per heavy atom. The Hall–Kier alpha value is -2.80. The summed E-state index contributed by atoms with van der Waals surface area (Å²) in [5, 5.41) is 15.4. The molecule has 8 heteroatoms. The molecule has 2 aromatic carbocycles. The van der Waals surface area contributed by atoms with E-state index in [4.69, 9.17) is 27.9 Å². The molecule has 2 N–H and O–H groups in total. The molecule has 0 aliphatic heterocycles. The number of benzene rings is 2. The fourth-order valence-corrected chi connectivity index (χ4v) is 3.85.